The average molecular weight is 477 g/mol. The van der Waals surface area contributed by atoms with Crippen molar-refractivity contribution < 1.29 is 14.3 Å². The highest BCUT2D eigenvalue weighted by Crippen LogP contribution is 2.27. The first-order chi connectivity index (χ1) is 16.7. The number of nitrogens with zero attached hydrogens (tertiary/aromatic N) is 3. The number of thioether (sulfide) groups is 1. The van der Waals surface area contributed by atoms with Gasteiger partial charge in [-0.15, -0.1) is 10.2 Å². The van der Waals surface area contributed by atoms with E-state index in [0.29, 0.717) is 17.5 Å². The summed E-state index contributed by atoms with van der Waals surface area (Å²) in [5.41, 5.74) is 3.22. The molecule has 1 N–H and O–H groups in total. The Morgan fingerprint density at radius 3 is 2.50 bits per heavy atom. The van der Waals surface area contributed by atoms with E-state index in [0.717, 1.165) is 30.5 Å². The molecule has 1 aliphatic carbocycles. The lowest BCUT2D eigenvalue weighted by molar-refractivity contribution is -0.145. The molecule has 0 spiro atoms. The van der Waals surface area contributed by atoms with Gasteiger partial charge < -0.3 is 10.1 Å². The van der Waals surface area contributed by atoms with Crippen molar-refractivity contribution in [2.75, 3.05) is 18.9 Å². The van der Waals surface area contributed by atoms with Crippen LogP contribution in [0.15, 0.2) is 77.5 Å². The van der Waals surface area contributed by atoms with E-state index in [-0.39, 0.29) is 18.3 Å². The van der Waals surface area contributed by atoms with Crippen molar-refractivity contribution in [2.24, 2.45) is 0 Å². The number of benzene rings is 2. The Hall–Kier alpha value is -3.39. The minimum Gasteiger partial charge on any atom is -0.455 e. The number of carbonyl (C=O) groups is 2. The highest BCUT2D eigenvalue weighted by atomic mass is 32.2. The van der Waals surface area contributed by atoms with Crippen LogP contribution in [0.2, 0.25) is 0 Å². The Bertz CT molecular complexity index is 1130. The van der Waals surface area contributed by atoms with Crippen molar-refractivity contribution in [2.45, 2.75) is 37.3 Å². The van der Waals surface area contributed by atoms with Crippen molar-refractivity contribution in [1.82, 2.24) is 20.1 Å². The van der Waals surface area contributed by atoms with E-state index in [4.69, 9.17) is 4.74 Å². The van der Waals surface area contributed by atoms with E-state index in [1.165, 1.54) is 30.2 Å². The molecule has 1 aliphatic rings. The number of aromatic nitrogens is 3. The number of carbonyl (C=O) groups excluding carboxylic acids is 2. The van der Waals surface area contributed by atoms with Crippen LogP contribution in [0.4, 0.5) is 0 Å². The zero-order valence-electron chi connectivity index (χ0n) is 19.0. The molecule has 7 nitrogen and oxygen atoms in total. The van der Waals surface area contributed by atoms with Crippen LogP contribution < -0.4 is 5.32 Å². The molecule has 1 amide bonds. The zero-order chi connectivity index (χ0) is 23.6. The Labute approximate surface area is 203 Å². The molecule has 0 aliphatic heterocycles. The minimum atomic E-state index is -0.473. The molecule has 2 aromatic carbocycles. The zero-order valence-corrected chi connectivity index (χ0v) is 19.8. The molecule has 8 heteroatoms. The molecule has 34 heavy (non-hydrogen) atoms. The monoisotopic (exact) mass is 476 g/mol. The van der Waals surface area contributed by atoms with Crippen LogP contribution in [-0.2, 0) is 14.3 Å². The Balaban J connectivity index is 1.31. The summed E-state index contributed by atoms with van der Waals surface area (Å²) in [6, 6.07) is 19.5. The summed E-state index contributed by atoms with van der Waals surface area (Å²) < 4.78 is 7.08. The van der Waals surface area contributed by atoms with E-state index in [2.05, 4.69) is 21.6 Å². The lowest BCUT2D eigenvalue weighted by atomic mass is 9.97. The topological polar surface area (TPSA) is 86.1 Å². The van der Waals surface area contributed by atoms with E-state index in [1.54, 1.807) is 0 Å². The molecule has 0 unspecified atom stereocenters. The number of esters is 1. The quantitative estimate of drug-likeness (QED) is 0.262. The number of amides is 1. The first kappa shape index (κ1) is 23.8. The fraction of sp³-hybridized carbons (Fsp3) is 0.308. The van der Waals surface area contributed by atoms with Crippen molar-refractivity contribution in [3.63, 3.8) is 0 Å². The Kier molecular flexibility index (Phi) is 8.51. The van der Waals surface area contributed by atoms with Gasteiger partial charge in [-0.2, -0.15) is 0 Å². The van der Waals surface area contributed by atoms with Crippen LogP contribution in [0.5, 0.6) is 0 Å². The lowest BCUT2D eigenvalue weighted by Crippen LogP contribution is -2.30. The smallest absolute Gasteiger partial charge is 0.316 e. The summed E-state index contributed by atoms with van der Waals surface area (Å²) in [4.78, 5) is 24.3. The molecule has 0 saturated heterocycles. The summed E-state index contributed by atoms with van der Waals surface area (Å²) in [5, 5.41) is 12.1. The summed E-state index contributed by atoms with van der Waals surface area (Å²) >= 11 is 1.23. The van der Waals surface area contributed by atoms with Crippen molar-refractivity contribution in [1.29, 1.82) is 0 Å². The van der Waals surface area contributed by atoms with Gasteiger partial charge in [0.25, 0.3) is 5.91 Å². The molecule has 0 saturated carbocycles. The van der Waals surface area contributed by atoms with Crippen LogP contribution in [0.25, 0.3) is 17.1 Å². The summed E-state index contributed by atoms with van der Waals surface area (Å²) in [6.07, 6.45) is 7.84. The van der Waals surface area contributed by atoms with E-state index >= 15 is 0 Å². The summed E-state index contributed by atoms with van der Waals surface area (Å²) in [5.74, 6) is -0.0392. The van der Waals surface area contributed by atoms with Crippen molar-refractivity contribution in [3.8, 4) is 17.1 Å². The fourth-order valence-corrected chi connectivity index (χ4v) is 4.55. The maximum atomic E-state index is 12.3. The van der Waals surface area contributed by atoms with Gasteiger partial charge in [0.15, 0.2) is 17.6 Å². The molecule has 0 bridgehead atoms. The van der Waals surface area contributed by atoms with Crippen LogP contribution in [0.1, 0.15) is 32.1 Å². The van der Waals surface area contributed by atoms with Crippen LogP contribution in [0.3, 0.4) is 0 Å². The molecular weight excluding hydrogens is 448 g/mol. The Morgan fingerprint density at radius 1 is 1.00 bits per heavy atom. The summed E-state index contributed by atoms with van der Waals surface area (Å²) in [7, 11) is 0. The predicted octanol–water partition coefficient (Wildman–Crippen LogP) is 4.58. The van der Waals surface area contributed by atoms with Gasteiger partial charge in [-0.3, -0.25) is 14.2 Å². The minimum absolute atomic E-state index is 0.0277. The fourth-order valence-electron chi connectivity index (χ4n) is 3.80. The molecule has 1 heterocycles. The van der Waals surface area contributed by atoms with Crippen molar-refractivity contribution in [3.05, 3.63) is 72.3 Å². The maximum Gasteiger partial charge on any atom is 0.316 e. The Morgan fingerprint density at radius 2 is 1.76 bits per heavy atom. The van der Waals surface area contributed by atoms with Gasteiger partial charge in [0.1, 0.15) is 0 Å². The van der Waals surface area contributed by atoms with E-state index in [1.807, 2.05) is 65.2 Å². The largest absolute Gasteiger partial charge is 0.455 e. The van der Waals surface area contributed by atoms with Crippen LogP contribution in [0, 0.1) is 0 Å². The second kappa shape index (κ2) is 12.2. The highest BCUT2D eigenvalue weighted by Gasteiger charge is 2.18. The molecular formula is C26H28N4O3S. The standard InChI is InChI=1S/C26H28N4O3S/c31-23(27-17-16-20-10-4-1-5-11-20)18-33-24(32)19-34-26-29-28-25(21-12-6-2-7-13-21)30(26)22-14-8-3-9-15-22/h2-3,6-10,12-15H,1,4-5,11,16-19H2,(H,27,31). The number of hydrogen-bond donors (Lipinski definition) is 1. The third-order valence-corrected chi connectivity index (χ3v) is 6.42. The molecule has 176 valence electrons. The van der Waals surface area contributed by atoms with Crippen LogP contribution in [-0.4, -0.2) is 45.5 Å². The first-order valence-electron chi connectivity index (χ1n) is 11.5. The molecule has 3 aromatic rings. The van der Waals surface area contributed by atoms with Gasteiger partial charge in [0.05, 0.1) is 5.75 Å². The average Bonchev–Trinajstić information content (AvgIpc) is 3.32. The second-order valence-electron chi connectivity index (χ2n) is 8.00. The maximum absolute atomic E-state index is 12.3. The second-order valence-corrected chi connectivity index (χ2v) is 8.94. The molecule has 4 rings (SSSR count). The van der Waals surface area contributed by atoms with Gasteiger partial charge in [-0.25, -0.2) is 0 Å². The predicted molar refractivity (Wildman–Crippen MR) is 133 cm³/mol. The van der Waals surface area contributed by atoms with Gasteiger partial charge >= 0.3 is 5.97 Å². The normalized spacial score (nSPS) is 13.2. The van der Waals surface area contributed by atoms with Gasteiger partial charge in [0.2, 0.25) is 0 Å². The van der Waals surface area contributed by atoms with Gasteiger partial charge in [0, 0.05) is 17.8 Å². The number of ether oxygens (including phenoxy) is 1. The third-order valence-electron chi connectivity index (χ3n) is 5.52. The highest BCUT2D eigenvalue weighted by molar-refractivity contribution is 7.99. The number of rotatable bonds is 10. The summed E-state index contributed by atoms with van der Waals surface area (Å²) in [6.45, 7) is 0.290. The van der Waals surface area contributed by atoms with Crippen molar-refractivity contribution >= 4 is 23.6 Å². The number of nitrogens with one attached hydrogen (secondary N) is 1. The van der Waals surface area contributed by atoms with Crippen LogP contribution >= 0.6 is 11.8 Å². The van der Waals surface area contributed by atoms with E-state index in [9.17, 15) is 9.59 Å². The number of hydrogen-bond acceptors (Lipinski definition) is 6. The molecule has 1 aromatic heterocycles. The number of allylic oxidation sites excluding steroid dienone is 1. The molecule has 0 atom stereocenters. The molecule has 0 fully saturated rings. The first-order valence-corrected chi connectivity index (χ1v) is 12.5. The lowest BCUT2D eigenvalue weighted by Gasteiger charge is -2.13. The SMILES string of the molecule is O=C(COC(=O)CSc1nnc(-c2ccccc2)n1-c1ccccc1)NCCC1=CCCCC1. The number of para-hydroxylation sites is 1. The van der Waals surface area contributed by atoms with Gasteiger partial charge in [-0.05, 0) is 44.2 Å². The van der Waals surface area contributed by atoms with Gasteiger partial charge in [-0.1, -0.05) is 71.9 Å². The third kappa shape index (κ3) is 6.57. The van der Waals surface area contributed by atoms with E-state index < -0.39 is 5.97 Å². The molecule has 0 radical (unpaired) electrons.